The van der Waals surface area contributed by atoms with Crippen molar-refractivity contribution in [3.63, 3.8) is 0 Å². The summed E-state index contributed by atoms with van der Waals surface area (Å²) in [6.45, 7) is 6.19. The standard InChI is InChI=1S/C24H33N5S/c1-18-16-21(29-15-9-6-10-19(29)2)27-22(26-18)28-23(30)25-17-24(13-7-8-14-24)20-11-4-3-5-12-20/h3-5,11-12,16,19H,6-10,13-15,17H2,1-2H3,(H2,25,26,27,28,30). The molecule has 2 aliphatic rings. The van der Waals surface area contributed by atoms with Crippen LogP contribution in [0.25, 0.3) is 0 Å². The van der Waals surface area contributed by atoms with Gasteiger partial charge < -0.3 is 15.5 Å². The lowest BCUT2D eigenvalue weighted by molar-refractivity contribution is 0.435. The van der Waals surface area contributed by atoms with Gasteiger partial charge in [-0.25, -0.2) is 4.98 Å². The van der Waals surface area contributed by atoms with Crippen LogP contribution < -0.4 is 15.5 Å². The average molecular weight is 424 g/mol. The molecular weight excluding hydrogens is 390 g/mol. The minimum Gasteiger partial charge on any atom is -0.361 e. The highest BCUT2D eigenvalue weighted by Crippen LogP contribution is 2.40. The summed E-state index contributed by atoms with van der Waals surface area (Å²) in [5.74, 6) is 1.58. The highest BCUT2D eigenvalue weighted by Gasteiger charge is 2.35. The lowest BCUT2D eigenvalue weighted by Crippen LogP contribution is -2.41. The summed E-state index contributed by atoms with van der Waals surface area (Å²) in [6, 6.07) is 13.4. The number of anilines is 2. The second-order valence-electron chi connectivity index (χ2n) is 8.89. The van der Waals surface area contributed by atoms with Crippen molar-refractivity contribution in [3.8, 4) is 0 Å². The molecule has 1 aromatic carbocycles. The second-order valence-corrected chi connectivity index (χ2v) is 9.30. The fourth-order valence-electron chi connectivity index (χ4n) is 5.00. The van der Waals surface area contributed by atoms with Crippen molar-refractivity contribution in [2.75, 3.05) is 23.3 Å². The number of benzene rings is 1. The summed E-state index contributed by atoms with van der Waals surface area (Å²) in [5, 5.41) is 7.31. The van der Waals surface area contributed by atoms with Gasteiger partial charge in [0.05, 0.1) is 0 Å². The van der Waals surface area contributed by atoms with Gasteiger partial charge in [-0.15, -0.1) is 0 Å². The predicted molar refractivity (Wildman–Crippen MR) is 128 cm³/mol. The predicted octanol–water partition coefficient (Wildman–Crippen LogP) is 4.96. The number of rotatable bonds is 5. The Bertz CT molecular complexity index is 863. The first kappa shape index (κ1) is 21.0. The molecule has 2 heterocycles. The van der Waals surface area contributed by atoms with Crippen molar-refractivity contribution in [3.05, 3.63) is 47.7 Å². The highest BCUT2D eigenvalue weighted by atomic mass is 32.1. The second kappa shape index (κ2) is 9.29. The molecule has 2 fully saturated rings. The number of thiocarbonyl (C=S) groups is 1. The number of hydrogen-bond donors (Lipinski definition) is 2. The van der Waals surface area contributed by atoms with Crippen LogP contribution in [0.2, 0.25) is 0 Å². The molecule has 160 valence electrons. The van der Waals surface area contributed by atoms with E-state index in [1.54, 1.807) is 0 Å². The van der Waals surface area contributed by atoms with Crippen molar-refractivity contribution in [1.82, 2.24) is 15.3 Å². The molecule has 6 heteroatoms. The van der Waals surface area contributed by atoms with Crippen molar-refractivity contribution < 1.29 is 0 Å². The normalized spacial score (nSPS) is 20.7. The monoisotopic (exact) mass is 423 g/mol. The number of nitrogens with zero attached hydrogens (tertiary/aromatic N) is 3. The average Bonchev–Trinajstić information content (AvgIpc) is 3.23. The smallest absolute Gasteiger partial charge is 0.231 e. The van der Waals surface area contributed by atoms with Crippen LogP contribution in [0.3, 0.4) is 0 Å². The minimum absolute atomic E-state index is 0.162. The van der Waals surface area contributed by atoms with Crippen LogP contribution in [0, 0.1) is 6.92 Å². The Balaban J connectivity index is 1.42. The van der Waals surface area contributed by atoms with Crippen molar-refractivity contribution in [1.29, 1.82) is 0 Å². The van der Waals surface area contributed by atoms with Crippen LogP contribution in [0.1, 0.15) is 63.1 Å². The largest absolute Gasteiger partial charge is 0.361 e. The molecule has 2 aromatic rings. The molecule has 1 atom stereocenters. The third-order valence-corrected chi connectivity index (χ3v) is 6.94. The van der Waals surface area contributed by atoms with Gasteiger partial charge in [0.2, 0.25) is 5.95 Å². The third-order valence-electron chi connectivity index (χ3n) is 6.70. The van der Waals surface area contributed by atoms with Gasteiger partial charge in [0.15, 0.2) is 5.11 Å². The van der Waals surface area contributed by atoms with Crippen LogP contribution in [0.4, 0.5) is 11.8 Å². The van der Waals surface area contributed by atoms with E-state index in [1.165, 1.54) is 50.5 Å². The summed E-state index contributed by atoms with van der Waals surface area (Å²) in [7, 11) is 0. The Labute approximate surface area is 185 Å². The van der Waals surface area contributed by atoms with Gasteiger partial charge in [0.1, 0.15) is 5.82 Å². The molecular formula is C24H33N5S. The number of aromatic nitrogens is 2. The quantitative estimate of drug-likeness (QED) is 0.663. The number of piperidine rings is 1. The summed E-state index contributed by atoms with van der Waals surface area (Å²) in [6.07, 6.45) is 8.68. The molecule has 2 N–H and O–H groups in total. The van der Waals surface area contributed by atoms with Crippen molar-refractivity contribution in [2.24, 2.45) is 0 Å². The molecule has 5 nitrogen and oxygen atoms in total. The Hall–Kier alpha value is -2.21. The summed E-state index contributed by atoms with van der Waals surface area (Å²) in [4.78, 5) is 11.7. The molecule has 1 aliphatic carbocycles. The van der Waals surface area contributed by atoms with Crippen LogP contribution >= 0.6 is 12.2 Å². The van der Waals surface area contributed by atoms with Gasteiger partial charge in [-0.05, 0) is 63.7 Å². The maximum absolute atomic E-state index is 5.62. The zero-order valence-electron chi connectivity index (χ0n) is 18.2. The molecule has 1 unspecified atom stereocenters. The zero-order chi connectivity index (χ0) is 21.0. The van der Waals surface area contributed by atoms with Gasteiger partial charge in [0.25, 0.3) is 0 Å². The fraction of sp³-hybridized carbons (Fsp3) is 0.542. The molecule has 1 saturated heterocycles. The fourth-order valence-corrected chi connectivity index (χ4v) is 5.16. The Morgan fingerprint density at radius 3 is 2.63 bits per heavy atom. The van der Waals surface area contributed by atoms with Gasteiger partial charge in [-0.1, -0.05) is 43.2 Å². The van der Waals surface area contributed by atoms with Crippen LogP contribution in [0.15, 0.2) is 36.4 Å². The highest BCUT2D eigenvalue weighted by molar-refractivity contribution is 7.80. The SMILES string of the molecule is Cc1cc(N2CCCCC2C)nc(NC(=S)NCC2(c3ccccc3)CCCC2)n1. The maximum atomic E-state index is 5.62. The molecule has 4 rings (SSSR count). The first-order valence-electron chi connectivity index (χ1n) is 11.3. The topological polar surface area (TPSA) is 53.1 Å². The molecule has 0 spiro atoms. The summed E-state index contributed by atoms with van der Waals surface area (Å²) < 4.78 is 0. The first-order valence-corrected chi connectivity index (χ1v) is 11.7. The number of hydrogen-bond acceptors (Lipinski definition) is 4. The van der Waals surface area contributed by atoms with Gasteiger partial charge in [-0.3, -0.25) is 0 Å². The molecule has 0 bridgehead atoms. The van der Waals surface area contributed by atoms with E-state index in [0.29, 0.717) is 17.1 Å². The summed E-state index contributed by atoms with van der Waals surface area (Å²) >= 11 is 5.62. The summed E-state index contributed by atoms with van der Waals surface area (Å²) in [5.41, 5.74) is 2.53. The van der Waals surface area contributed by atoms with E-state index < -0.39 is 0 Å². The van der Waals surface area contributed by atoms with Gasteiger partial charge >= 0.3 is 0 Å². The van der Waals surface area contributed by atoms with Gasteiger partial charge in [0, 0.05) is 36.3 Å². The molecule has 30 heavy (non-hydrogen) atoms. The molecule has 0 amide bonds. The van der Waals surface area contributed by atoms with E-state index in [0.717, 1.165) is 24.6 Å². The number of aryl methyl sites for hydroxylation is 1. The van der Waals surface area contributed by atoms with Crippen molar-refractivity contribution in [2.45, 2.75) is 70.3 Å². The van der Waals surface area contributed by atoms with E-state index in [4.69, 9.17) is 17.2 Å². The molecule has 1 aliphatic heterocycles. The minimum atomic E-state index is 0.162. The number of nitrogens with one attached hydrogen (secondary N) is 2. The van der Waals surface area contributed by atoms with Crippen LogP contribution in [-0.2, 0) is 5.41 Å². The van der Waals surface area contributed by atoms with Crippen LogP contribution in [0.5, 0.6) is 0 Å². The van der Waals surface area contributed by atoms with Crippen molar-refractivity contribution >= 4 is 29.1 Å². The Morgan fingerprint density at radius 1 is 1.13 bits per heavy atom. The van der Waals surface area contributed by atoms with E-state index >= 15 is 0 Å². The lowest BCUT2D eigenvalue weighted by atomic mass is 9.79. The maximum Gasteiger partial charge on any atom is 0.231 e. The van der Waals surface area contributed by atoms with E-state index in [-0.39, 0.29) is 5.41 Å². The third kappa shape index (κ3) is 4.75. The molecule has 1 aromatic heterocycles. The van der Waals surface area contributed by atoms with Crippen LogP contribution in [-0.4, -0.2) is 34.2 Å². The Morgan fingerprint density at radius 2 is 1.90 bits per heavy atom. The Kier molecular flexibility index (Phi) is 6.52. The van der Waals surface area contributed by atoms with E-state index in [1.807, 2.05) is 6.92 Å². The van der Waals surface area contributed by atoms with E-state index in [2.05, 4.69) is 63.8 Å². The lowest BCUT2D eigenvalue weighted by Gasteiger charge is -2.34. The van der Waals surface area contributed by atoms with Gasteiger partial charge in [-0.2, -0.15) is 4.98 Å². The zero-order valence-corrected chi connectivity index (χ0v) is 19.0. The molecule has 0 radical (unpaired) electrons. The molecule has 1 saturated carbocycles. The first-order chi connectivity index (χ1) is 14.6. The van der Waals surface area contributed by atoms with E-state index in [9.17, 15) is 0 Å².